The smallest absolute Gasteiger partial charge is 0.122 e. The summed E-state index contributed by atoms with van der Waals surface area (Å²) >= 11 is 0. The SMILES string of the molecule is Oc1ccc(C2CCCC2)cc1.Oc1ccc(CCc2ccccc2)c(O)c1. The minimum atomic E-state index is 0.0981. The summed E-state index contributed by atoms with van der Waals surface area (Å²) in [5.74, 6) is 1.39. The van der Waals surface area contributed by atoms with Crippen molar-refractivity contribution in [2.75, 3.05) is 0 Å². The fourth-order valence-corrected chi connectivity index (χ4v) is 3.69. The lowest BCUT2D eigenvalue weighted by Crippen LogP contribution is -1.91. The molecule has 4 rings (SSSR count). The molecule has 0 heterocycles. The first-order valence-corrected chi connectivity index (χ1v) is 9.95. The zero-order valence-corrected chi connectivity index (χ0v) is 16.1. The Bertz CT molecular complexity index is 851. The molecule has 0 atom stereocenters. The maximum Gasteiger partial charge on any atom is 0.122 e. The summed E-state index contributed by atoms with van der Waals surface area (Å²) in [7, 11) is 0. The molecule has 0 unspecified atom stereocenters. The van der Waals surface area contributed by atoms with Crippen molar-refractivity contribution in [1.82, 2.24) is 0 Å². The van der Waals surface area contributed by atoms with E-state index in [4.69, 9.17) is 10.2 Å². The summed E-state index contributed by atoms with van der Waals surface area (Å²) in [4.78, 5) is 0. The number of rotatable bonds is 4. The molecule has 3 heteroatoms. The van der Waals surface area contributed by atoms with Crippen LogP contribution in [0.25, 0.3) is 0 Å². The van der Waals surface area contributed by atoms with Crippen molar-refractivity contribution in [2.45, 2.75) is 44.4 Å². The van der Waals surface area contributed by atoms with Crippen molar-refractivity contribution in [3.63, 3.8) is 0 Å². The summed E-state index contributed by atoms with van der Waals surface area (Å²) in [6.07, 6.45) is 7.04. The highest BCUT2D eigenvalue weighted by atomic mass is 16.3. The van der Waals surface area contributed by atoms with Gasteiger partial charge in [0.2, 0.25) is 0 Å². The third kappa shape index (κ3) is 5.78. The molecule has 1 saturated carbocycles. The molecular weight excluding hydrogens is 348 g/mol. The molecule has 146 valence electrons. The normalized spacial score (nSPS) is 13.7. The van der Waals surface area contributed by atoms with Crippen LogP contribution in [0.5, 0.6) is 17.2 Å². The van der Waals surface area contributed by atoms with Crippen LogP contribution >= 0.6 is 0 Å². The maximum absolute atomic E-state index is 9.61. The van der Waals surface area contributed by atoms with Crippen molar-refractivity contribution in [3.05, 3.63) is 89.5 Å². The highest BCUT2D eigenvalue weighted by molar-refractivity contribution is 5.39. The molecule has 1 aliphatic carbocycles. The second-order valence-corrected chi connectivity index (χ2v) is 7.37. The van der Waals surface area contributed by atoms with Crippen molar-refractivity contribution >= 4 is 0 Å². The van der Waals surface area contributed by atoms with Gasteiger partial charge in [0, 0.05) is 6.07 Å². The standard InChI is InChI=1S/C14H14O2.C11H14O/c15-13-9-8-12(14(16)10-13)7-6-11-4-2-1-3-5-11;12-11-7-5-10(6-8-11)9-3-1-2-4-9/h1-5,8-10,15-16H,6-7H2;5-9,12H,1-4H2. The molecule has 3 nitrogen and oxygen atoms in total. The van der Waals surface area contributed by atoms with Crippen LogP contribution in [0.2, 0.25) is 0 Å². The first-order valence-electron chi connectivity index (χ1n) is 9.95. The molecule has 0 amide bonds. The Morgan fingerprint density at radius 2 is 1.32 bits per heavy atom. The van der Waals surface area contributed by atoms with E-state index in [1.807, 2.05) is 30.3 Å². The van der Waals surface area contributed by atoms with Gasteiger partial charge in [0.25, 0.3) is 0 Å². The summed E-state index contributed by atoms with van der Waals surface area (Å²) in [5.41, 5.74) is 3.50. The molecule has 28 heavy (non-hydrogen) atoms. The molecule has 3 N–H and O–H groups in total. The number of aryl methyl sites for hydroxylation is 2. The van der Waals surface area contributed by atoms with Crippen LogP contribution in [0.4, 0.5) is 0 Å². The van der Waals surface area contributed by atoms with Crippen LogP contribution in [0.3, 0.4) is 0 Å². The summed E-state index contributed by atoms with van der Waals surface area (Å²) in [5, 5.41) is 27.9. The summed E-state index contributed by atoms with van der Waals surface area (Å²) < 4.78 is 0. The first-order chi connectivity index (χ1) is 13.6. The average Bonchev–Trinajstić information content (AvgIpc) is 3.24. The van der Waals surface area contributed by atoms with Gasteiger partial charge in [0.1, 0.15) is 17.2 Å². The van der Waals surface area contributed by atoms with Gasteiger partial charge in [-0.15, -0.1) is 0 Å². The van der Waals surface area contributed by atoms with E-state index in [0.717, 1.165) is 24.3 Å². The molecule has 0 radical (unpaired) electrons. The van der Waals surface area contributed by atoms with E-state index in [0.29, 0.717) is 5.75 Å². The number of phenolic OH excluding ortho intramolecular Hbond substituents is 3. The van der Waals surface area contributed by atoms with E-state index in [2.05, 4.69) is 12.1 Å². The third-order valence-corrected chi connectivity index (χ3v) is 5.31. The van der Waals surface area contributed by atoms with Gasteiger partial charge in [-0.3, -0.25) is 0 Å². The zero-order chi connectivity index (χ0) is 19.8. The Hall–Kier alpha value is -2.94. The summed E-state index contributed by atoms with van der Waals surface area (Å²) in [6.45, 7) is 0. The van der Waals surface area contributed by atoms with Crippen LogP contribution < -0.4 is 0 Å². The predicted octanol–water partition coefficient (Wildman–Crippen LogP) is 5.93. The monoisotopic (exact) mass is 376 g/mol. The van der Waals surface area contributed by atoms with Gasteiger partial charge in [-0.05, 0) is 66.5 Å². The molecule has 3 aromatic rings. The average molecular weight is 376 g/mol. The lowest BCUT2D eigenvalue weighted by Gasteiger charge is -2.08. The Balaban J connectivity index is 0.000000167. The van der Waals surface area contributed by atoms with Gasteiger partial charge in [0.05, 0.1) is 0 Å². The van der Waals surface area contributed by atoms with E-state index >= 15 is 0 Å². The molecule has 3 aromatic carbocycles. The van der Waals surface area contributed by atoms with Crippen molar-refractivity contribution in [3.8, 4) is 17.2 Å². The molecule has 0 bridgehead atoms. The Labute approximate surface area is 166 Å². The zero-order valence-electron chi connectivity index (χ0n) is 16.1. The number of phenols is 3. The quantitative estimate of drug-likeness (QED) is 0.529. The highest BCUT2D eigenvalue weighted by Gasteiger charge is 2.16. The fraction of sp³-hybridized carbons (Fsp3) is 0.280. The Kier molecular flexibility index (Phi) is 6.96. The number of hydrogen-bond donors (Lipinski definition) is 3. The molecule has 1 fully saturated rings. The van der Waals surface area contributed by atoms with Crippen molar-refractivity contribution in [1.29, 1.82) is 0 Å². The molecule has 0 aliphatic heterocycles. The van der Waals surface area contributed by atoms with Gasteiger partial charge < -0.3 is 15.3 Å². The number of benzene rings is 3. The lowest BCUT2D eigenvalue weighted by atomic mass is 9.98. The minimum absolute atomic E-state index is 0.0981. The Morgan fingerprint density at radius 1 is 0.679 bits per heavy atom. The van der Waals surface area contributed by atoms with Gasteiger partial charge in [-0.25, -0.2) is 0 Å². The van der Waals surface area contributed by atoms with Crippen LogP contribution in [-0.4, -0.2) is 15.3 Å². The van der Waals surface area contributed by atoms with Crippen molar-refractivity contribution < 1.29 is 15.3 Å². The van der Waals surface area contributed by atoms with E-state index < -0.39 is 0 Å². The Morgan fingerprint density at radius 3 is 1.96 bits per heavy atom. The fourth-order valence-electron chi connectivity index (χ4n) is 3.69. The maximum atomic E-state index is 9.61. The topological polar surface area (TPSA) is 60.7 Å². The molecular formula is C25H28O3. The van der Waals surface area contributed by atoms with Crippen LogP contribution in [0.1, 0.15) is 48.3 Å². The van der Waals surface area contributed by atoms with Gasteiger partial charge in [0.15, 0.2) is 0 Å². The summed E-state index contributed by atoms with van der Waals surface area (Å²) in [6, 6.07) is 22.5. The molecule has 0 spiro atoms. The first kappa shape index (κ1) is 19.8. The third-order valence-electron chi connectivity index (χ3n) is 5.31. The minimum Gasteiger partial charge on any atom is -0.508 e. The molecule has 0 aromatic heterocycles. The predicted molar refractivity (Wildman–Crippen MR) is 113 cm³/mol. The number of hydrogen-bond acceptors (Lipinski definition) is 3. The molecule has 1 aliphatic rings. The van der Waals surface area contributed by atoms with Crippen LogP contribution in [0.15, 0.2) is 72.8 Å². The molecule has 0 saturated heterocycles. The van der Waals surface area contributed by atoms with E-state index in [1.54, 1.807) is 24.3 Å². The van der Waals surface area contributed by atoms with E-state index in [9.17, 15) is 5.11 Å². The van der Waals surface area contributed by atoms with Crippen LogP contribution in [0, 0.1) is 0 Å². The van der Waals surface area contributed by atoms with Crippen LogP contribution in [-0.2, 0) is 12.8 Å². The van der Waals surface area contributed by atoms with Gasteiger partial charge >= 0.3 is 0 Å². The van der Waals surface area contributed by atoms with Gasteiger partial charge in [-0.1, -0.05) is 61.4 Å². The highest BCUT2D eigenvalue weighted by Crippen LogP contribution is 2.34. The largest absolute Gasteiger partial charge is 0.508 e. The van der Waals surface area contributed by atoms with E-state index in [1.165, 1.54) is 42.9 Å². The number of aromatic hydroxyl groups is 3. The van der Waals surface area contributed by atoms with Gasteiger partial charge in [-0.2, -0.15) is 0 Å². The second kappa shape index (κ2) is 9.84. The second-order valence-electron chi connectivity index (χ2n) is 7.37. The van der Waals surface area contributed by atoms with E-state index in [-0.39, 0.29) is 11.5 Å². The lowest BCUT2D eigenvalue weighted by molar-refractivity contribution is 0.446. The van der Waals surface area contributed by atoms with Crippen molar-refractivity contribution in [2.24, 2.45) is 0 Å².